The molecule has 0 fully saturated rings. The minimum Gasteiger partial charge on any atom is -0.457 e. The molecule has 5 N–H and O–H groups in total. The highest BCUT2D eigenvalue weighted by Gasteiger charge is 2.30. The van der Waals surface area contributed by atoms with E-state index < -0.39 is 37.6 Å². The van der Waals surface area contributed by atoms with Gasteiger partial charge in [0, 0.05) is 10.6 Å². The van der Waals surface area contributed by atoms with Crippen molar-refractivity contribution in [3.8, 4) is 11.5 Å². The van der Waals surface area contributed by atoms with Gasteiger partial charge < -0.3 is 25.4 Å². The highest BCUT2D eigenvalue weighted by Crippen LogP contribution is 2.37. The van der Waals surface area contributed by atoms with Gasteiger partial charge in [0.05, 0.1) is 18.3 Å². The summed E-state index contributed by atoms with van der Waals surface area (Å²) in [6.07, 6.45) is -3.46. The first-order valence-electron chi connectivity index (χ1n) is 9.39. The van der Waals surface area contributed by atoms with E-state index in [0.717, 1.165) is 17.7 Å². The largest absolute Gasteiger partial charge is 0.457 e. The molecule has 0 spiro atoms. The molecule has 0 aromatic heterocycles. The lowest BCUT2D eigenvalue weighted by Gasteiger charge is -2.27. The Morgan fingerprint density at radius 1 is 1.03 bits per heavy atom. The minimum absolute atomic E-state index is 0.0125. The molecule has 172 valence electrons. The number of rotatable bonds is 10. The van der Waals surface area contributed by atoms with Crippen LogP contribution in [0.3, 0.4) is 0 Å². The van der Waals surface area contributed by atoms with Gasteiger partial charge in [0.25, 0.3) is 0 Å². The topological polar surface area (TPSA) is 113 Å². The second-order valence-electron chi connectivity index (χ2n) is 7.39. The number of alkyl halides is 3. The van der Waals surface area contributed by atoms with Gasteiger partial charge in [-0.2, -0.15) is 13.2 Å². The van der Waals surface area contributed by atoms with E-state index in [4.69, 9.17) is 31.9 Å². The summed E-state index contributed by atoms with van der Waals surface area (Å²) < 4.78 is 54.4. The van der Waals surface area contributed by atoms with Gasteiger partial charge in [-0.25, -0.2) is 0 Å². The summed E-state index contributed by atoms with van der Waals surface area (Å²) in [6, 6.07) is 9.19. The Bertz CT molecular complexity index is 920. The molecule has 1 atom stereocenters. The maximum Gasteiger partial charge on any atom is 0.416 e. The zero-order valence-electron chi connectivity index (χ0n) is 16.5. The van der Waals surface area contributed by atoms with Gasteiger partial charge in [0.1, 0.15) is 11.5 Å². The molecule has 11 heteroatoms. The first kappa shape index (κ1) is 25.6. The molecule has 0 saturated carbocycles. The molecule has 1 unspecified atom stereocenters. The van der Waals surface area contributed by atoms with Crippen molar-refractivity contribution >= 4 is 19.2 Å². The molecule has 0 radical (unpaired) electrons. The van der Waals surface area contributed by atoms with E-state index in [1.165, 1.54) is 12.1 Å². The van der Waals surface area contributed by atoms with Crippen molar-refractivity contribution in [2.24, 2.45) is 5.73 Å². The molecule has 2 aromatic rings. The lowest BCUT2D eigenvalue weighted by Crippen LogP contribution is -2.44. The average molecular weight is 482 g/mol. The summed E-state index contributed by atoms with van der Waals surface area (Å²) in [5.41, 5.74) is 4.94. The van der Waals surface area contributed by atoms with Crippen LogP contribution in [0.25, 0.3) is 0 Å². The molecular formula is C20H24ClF3NO5P. The van der Waals surface area contributed by atoms with Crippen molar-refractivity contribution in [1.82, 2.24) is 0 Å². The van der Waals surface area contributed by atoms with Gasteiger partial charge in [-0.1, -0.05) is 17.7 Å². The SMILES string of the molecule is NC(CO)(CCCc1ccc(Oc2ccc(C(F)(F)F)cc2)cc1Cl)CCP(=O)(O)O. The maximum atomic E-state index is 12.6. The summed E-state index contributed by atoms with van der Waals surface area (Å²) in [6.45, 7) is -0.402. The van der Waals surface area contributed by atoms with Crippen LogP contribution >= 0.6 is 19.2 Å². The van der Waals surface area contributed by atoms with Crippen LogP contribution in [0, 0.1) is 0 Å². The van der Waals surface area contributed by atoms with E-state index in [-0.39, 0.29) is 12.2 Å². The number of aryl methyl sites for hydroxylation is 1. The number of aliphatic hydroxyl groups is 1. The highest BCUT2D eigenvalue weighted by atomic mass is 35.5. The van der Waals surface area contributed by atoms with E-state index in [1.807, 2.05) is 0 Å². The molecule has 2 aromatic carbocycles. The molecular weight excluding hydrogens is 458 g/mol. The summed E-state index contributed by atoms with van der Waals surface area (Å²) in [5.74, 6) is 0.594. The van der Waals surface area contributed by atoms with Crippen molar-refractivity contribution in [2.75, 3.05) is 12.8 Å². The Labute approximate surface area is 183 Å². The molecule has 0 saturated heterocycles. The van der Waals surface area contributed by atoms with Crippen LogP contribution in [0.2, 0.25) is 5.02 Å². The summed E-state index contributed by atoms with van der Waals surface area (Å²) in [4.78, 5) is 18.0. The van der Waals surface area contributed by atoms with Crippen molar-refractivity contribution in [2.45, 2.75) is 37.4 Å². The number of hydrogen-bond donors (Lipinski definition) is 4. The van der Waals surface area contributed by atoms with E-state index in [1.54, 1.807) is 18.2 Å². The fourth-order valence-corrected chi connectivity index (χ4v) is 3.93. The molecule has 0 aliphatic rings. The van der Waals surface area contributed by atoms with Gasteiger partial charge in [0.15, 0.2) is 0 Å². The summed E-state index contributed by atoms with van der Waals surface area (Å²) in [5, 5.41) is 9.88. The first-order valence-corrected chi connectivity index (χ1v) is 11.6. The monoisotopic (exact) mass is 481 g/mol. The predicted octanol–water partition coefficient (Wildman–Crippen LogP) is 4.73. The predicted molar refractivity (Wildman–Crippen MR) is 111 cm³/mol. The Morgan fingerprint density at radius 2 is 1.65 bits per heavy atom. The molecule has 6 nitrogen and oxygen atoms in total. The number of halogens is 4. The van der Waals surface area contributed by atoms with E-state index in [0.29, 0.717) is 30.0 Å². The van der Waals surface area contributed by atoms with Gasteiger partial charge in [-0.3, -0.25) is 4.57 Å². The lowest BCUT2D eigenvalue weighted by molar-refractivity contribution is -0.137. The normalized spacial score (nSPS) is 14.3. The van der Waals surface area contributed by atoms with Gasteiger partial charge >= 0.3 is 13.8 Å². The van der Waals surface area contributed by atoms with Crippen LogP contribution in [-0.4, -0.2) is 33.2 Å². The number of ether oxygens (including phenoxy) is 1. The number of hydrogen-bond acceptors (Lipinski definition) is 4. The van der Waals surface area contributed by atoms with Crippen LogP contribution in [0.15, 0.2) is 42.5 Å². The van der Waals surface area contributed by atoms with Crippen molar-refractivity contribution < 1.29 is 37.4 Å². The smallest absolute Gasteiger partial charge is 0.416 e. The molecule has 0 amide bonds. The minimum atomic E-state index is -4.42. The molecule has 2 rings (SSSR count). The third kappa shape index (κ3) is 8.44. The van der Waals surface area contributed by atoms with Crippen LogP contribution in [-0.2, 0) is 17.2 Å². The Balaban J connectivity index is 1.94. The zero-order valence-corrected chi connectivity index (χ0v) is 18.1. The standard InChI is InChI=1S/C20H24ClF3NO5P/c21-18-12-17(30-16-7-4-15(5-8-16)20(22,23)24)6-3-14(18)2-1-9-19(25,13-26)10-11-31(27,28)29/h3-8,12,26H,1-2,9-11,13,25H2,(H2,27,28,29). The van der Waals surface area contributed by atoms with E-state index >= 15 is 0 Å². The highest BCUT2D eigenvalue weighted by molar-refractivity contribution is 7.51. The van der Waals surface area contributed by atoms with Crippen LogP contribution in [0.1, 0.15) is 30.4 Å². The summed E-state index contributed by atoms with van der Waals surface area (Å²) in [7, 11) is -4.20. The third-order valence-electron chi connectivity index (χ3n) is 4.78. The maximum absolute atomic E-state index is 12.6. The third-order valence-corrected chi connectivity index (χ3v) is 5.94. The molecule has 0 aliphatic carbocycles. The Hall–Kier alpha value is -1.61. The van der Waals surface area contributed by atoms with Crippen molar-refractivity contribution in [3.05, 3.63) is 58.6 Å². The van der Waals surface area contributed by atoms with Crippen LogP contribution < -0.4 is 10.5 Å². The number of aliphatic hydroxyl groups excluding tert-OH is 1. The fourth-order valence-electron chi connectivity index (χ4n) is 2.92. The van der Waals surface area contributed by atoms with Gasteiger partial charge in [-0.05, 0) is 67.6 Å². The Morgan fingerprint density at radius 3 is 2.16 bits per heavy atom. The van der Waals surface area contributed by atoms with Crippen molar-refractivity contribution in [1.29, 1.82) is 0 Å². The average Bonchev–Trinajstić information content (AvgIpc) is 2.67. The molecule has 0 bridgehead atoms. The van der Waals surface area contributed by atoms with Crippen LogP contribution in [0.4, 0.5) is 13.2 Å². The fraction of sp³-hybridized carbons (Fsp3) is 0.400. The lowest BCUT2D eigenvalue weighted by atomic mass is 9.91. The Kier molecular flexibility index (Phi) is 8.55. The van der Waals surface area contributed by atoms with Gasteiger partial charge in [0.2, 0.25) is 0 Å². The quantitative estimate of drug-likeness (QED) is 0.365. The first-order chi connectivity index (χ1) is 14.3. The summed E-state index contributed by atoms with van der Waals surface area (Å²) >= 11 is 6.27. The van der Waals surface area contributed by atoms with Crippen molar-refractivity contribution in [3.63, 3.8) is 0 Å². The number of nitrogens with two attached hydrogens (primary N) is 1. The molecule has 31 heavy (non-hydrogen) atoms. The molecule has 0 aliphatic heterocycles. The van der Waals surface area contributed by atoms with Crippen LogP contribution in [0.5, 0.6) is 11.5 Å². The van der Waals surface area contributed by atoms with Gasteiger partial charge in [-0.15, -0.1) is 0 Å². The van der Waals surface area contributed by atoms with E-state index in [2.05, 4.69) is 0 Å². The second kappa shape index (κ2) is 10.3. The second-order valence-corrected chi connectivity index (χ2v) is 9.57. The van der Waals surface area contributed by atoms with E-state index in [9.17, 15) is 22.8 Å². The zero-order chi connectivity index (χ0) is 23.3. The number of benzene rings is 2. The molecule has 0 heterocycles.